The van der Waals surface area contributed by atoms with Crippen LogP contribution in [0.5, 0.6) is 0 Å². The quantitative estimate of drug-likeness (QED) is 0.892. The minimum Gasteiger partial charge on any atom is -0.313 e. The predicted octanol–water partition coefficient (Wildman–Crippen LogP) is 3.19. The van der Waals surface area contributed by atoms with Gasteiger partial charge in [-0.2, -0.15) is 23.5 Å². The van der Waals surface area contributed by atoms with E-state index in [0.29, 0.717) is 6.04 Å². The Bertz CT molecular complexity index is 349. The molecular formula is C14H20FNS2. The summed E-state index contributed by atoms with van der Waals surface area (Å²) in [6, 6.07) is 7.27. The summed E-state index contributed by atoms with van der Waals surface area (Å²) >= 11 is 4.14. The molecule has 0 bridgehead atoms. The molecule has 2 rings (SSSR count). The van der Waals surface area contributed by atoms with Crippen molar-refractivity contribution in [2.24, 2.45) is 0 Å². The molecule has 1 heterocycles. The molecule has 18 heavy (non-hydrogen) atoms. The van der Waals surface area contributed by atoms with Gasteiger partial charge in [0.05, 0.1) is 0 Å². The van der Waals surface area contributed by atoms with Crippen molar-refractivity contribution in [3.8, 4) is 0 Å². The summed E-state index contributed by atoms with van der Waals surface area (Å²) in [7, 11) is 0. The van der Waals surface area contributed by atoms with Crippen LogP contribution in [-0.4, -0.2) is 35.1 Å². The first-order valence-corrected chi connectivity index (χ1v) is 8.61. The second kappa shape index (κ2) is 7.41. The monoisotopic (exact) mass is 285 g/mol. The molecule has 0 saturated carbocycles. The first-order valence-electron chi connectivity index (χ1n) is 6.41. The van der Waals surface area contributed by atoms with Gasteiger partial charge < -0.3 is 5.32 Å². The lowest BCUT2D eigenvalue weighted by Gasteiger charge is -2.23. The average molecular weight is 285 g/mol. The summed E-state index contributed by atoms with van der Waals surface area (Å²) in [5.41, 5.74) is 1.20. The molecule has 2 unspecified atom stereocenters. The number of benzene rings is 1. The second-order valence-electron chi connectivity index (χ2n) is 4.71. The van der Waals surface area contributed by atoms with Crippen LogP contribution in [0.25, 0.3) is 0 Å². The van der Waals surface area contributed by atoms with E-state index in [9.17, 15) is 4.39 Å². The molecular weight excluding hydrogens is 265 g/mol. The molecule has 0 aliphatic carbocycles. The van der Waals surface area contributed by atoms with Gasteiger partial charge >= 0.3 is 0 Å². The molecule has 1 aliphatic heterocycles. The maximum Gasteiger partial charge on any atom is 0.123 e. The van der Waals surface area contributed by atoms with Gasteiger partial charge in [0.2, 0.25) is 0 Å². The smallest absolute Gasteiger partial charge is 0.123 e. The van der Waals surface area contributed by atoms with Crippen molar-refractivity contribution >= 4 is 23.5 Å². The topological polar surface area (TPSA) is 12.0 Å². The highest BCUT2D eigenvalue weighted by Crippen LogP contribution is 2.23. The van der Waals surface area contributed by atoms with E-state index in [-0.39, 0.29) is 5.82 Å². The van der Waals surface area contributed by atoms with Crippen LogP contribution in [0.2, 0.25) is 0 Å². The van der Waals surface area contributed by atoms with Crippen molar-refractivity contribution in [2.75, 3.05) is 23.8 Å². The van der Waals surface area contributed by atoms with Gasteiger partial charge in [-0.15, -0.1) is 0 Å². The number of hydrogen-bond donors (Lipinski definition) is 1. The summed E-state index contributed by atoms with van der Waals surface area (Å²) in [6.45, 7) is 3.28. The summed E-state index contributed by atoms with van der Waals surface area (Å²) in [6.07, 6.45) is 0.963. The zero-order chi connectivity index (χ0) is 12.8. The molecule has 1 nitrogen and oxygen atoms in total. The molecule has 0 amide bonds. The third-order valence-electron chi connectivity index (χ3n) is 3.03. The Morgan fingerprint density at radius 1 is 1.33 bits per heavy atom. The fraction of sp³-hybridized carbons (Fsp3) is 0.571. The lowest BCUT2D eigenvalue weighted by Crippen LogP contribution is -2.36. The van der Waals surface area contributed by atoms with Gasteiger partial charge in [0, 0.05) is 35.1 Å². The summed E-state index contributed by atoms with van der Waals surface area (Å²) in [5.74, 6) is 3.69. The minimum atomic E-state index is -0.157. The van der Waals surface area contributed by atoms with Crippen molar-refractivity contribution in [2.45, 2.75) is 24.6 Å². The average Bonchev–Trinajstić information content (AvgIpc) is 2.40. The zero-order valence-electron chi connectivity index (χ0n) is 10.7. The molecule has 100 valence electrons. The molecule has 1 aromatic rings. The normalized spacial score (nSPS) is 21.8. The van der Waals surface area contributed by atoms with E-state index in [0.717, 1.165) is 18.2 Å². The van der Waals surface area contributed by atoms with Crippen LogP contribution >= 0.6 is 23.5 Å². The van der Waals surface area contributed by atoms with E-state index in [4.69, 9.17) is 0 Å². The Morgan fingerprint density at radius 3 is 2.78 bits per heavy atom. The van der Waals surface area contributed by atoms with Gasteiger partial charge in [-0.3, -0.25) is 0 Å². The van der Waals surface area contributed by atoms with Crippen molar-refractivity contribution in [1.82, 2.24) is 5.32 Å². The van der Waals surface area contributed by atoms with Crippen LogP contribution in [0, 0.1) is 5.82 Å². The number of hydrogen-bond acceptors (Lipinski definition) is 3. The Balaban J connectivity index is 1.71. The fourth-order valence-corrected chi connectivity index (χ4v) is 4.66. The van der Waals surface area contributed by atoms with E-state index in [2.05, 4.69) is 35.8 Å². The number of nitrogens with one attached hydrogen (secondary N) is 1. The SMILES string of the molecule is CC(Cc1ccc(F)cc1)NCC1CSCCS1. The third kappa shape index (κ3) is 4.82. The van der Waals surface area contributed by atoms with Crippen LogP contribution in [0.15, 0.2) is 24.3 Å². The molecule has 0 radical (unpaired) electrons. The molecule has 0 spiro atoms. The first kappa shape index (κ1) is 14.2. The predicted molar refractivity (Wildman–Crippen MR) is 81.1 cm³/mol. The van der Waals surface area contributed by atoms with Gasteiger partial charge in [-0.25, -0.2) is 4.39 Å². The highest BCUT2D eigenvalue weighted by molar-refractivity contribution is 8.06. The van der Waals surface area contributed by atoms with Gasteiger partial charge in [0.1, 0.15) is 5.82 Å². The molecule has 1 N–H and O–H groups in total. The summed E-state index contributed by atoms with van der Waals surface area (Å²) in [5, 5.41) is 4.34. The summed E-state index contributed by atoms with van der Waals surface area (Å²) in [4.78, 5) is 0. The van der Waals surface area contributed by atoms with E-state index in [1.54, 1.807) is 0 Å². The van der Waals surface area contributed by atoms with E-state index in [1.807, 2.05) is 12.1 Å². The maximum absolute atomic E-state index is 12.8. The summed E-state index contributed by atoms with van der Waals surface area (Å²) < 4.78 is 12.8. The van der Waals surface area contributed by atoms with Crippen LogP contribution in [0.3, 0.4) is 0 Å². The highest BCUT2D eigenvalue weighted by Gasteiger charge is 2.14. The lowest BCUT2D eigenvalue weighted by molar-refractivity contribution is 0.548. The Hall–Kier alpha value is -0.190. The second-order valence-corrected chi connectivity index (χ2v) is 7.27. The first-order chi connectivity index (χ1) is 8.74. The van der Waals surface area contributed by atoms with E-state index in [1.165, 1.54) is 35.0 Å². The van der Waals surface area contributed by atoms with E-state index >= 15 is 0 Å². The number of thioether (sulfide) groups is 2. The van der Waals surface area contributed by atoms with Crippen LogP contribution < -0.4 is 5.32 Å². The van der Waals surface area contributed by atoms with E-state index < -0.39 is 0 Å². The van der Waals surface area contributed by atoms with Crippen molar-refractivity contribution in [1.29, 1.82) is 0 Å². The molecule has 1 aliphatic rings. The lowest BCUT2D eigenvalue weighted by atomic mass is 10.1. The molecule has 1 fully saturated rings. The van der Waals surface area contributed by atoms with Crippen LogP contribution in [0.4, 0.5) is 4.39 Å². The van der Waals surface area contributed by atoms with Gasteiger partial charge in [0.15, 0.2) is 0 Å². The fourth-order valence-electron chi connectivity index (χ4n) is 2.03. The van der Waals surface area contributed by atoms with Crippen LogP contribution in [-0.2, 0) is 6.42 Å². The number of rotatable bonds is 5. The van der Waals surface area contributed by atoms with Gasteiger partial charge in [-0.1, -0.05) is 12.1 Å². The largest absolute Gasteiger partial charge is 0.313 e. The Morgan fingerprint density at radius 2 is 2.11 bits per heavy atom. The zero-order valence-corrected chi connectivity index (χ0v) is 12.3. The Labute approximate surface area is 117 Å². The molecule has 1 saturated heterocycles. The highest BCUT2D eigenvalue weighted by atomic mass is 32.2. The molecule has 4 heteroatoms. The minimum absolute atomic E-state index is 0.157. The van der Waals surface area contributed by atoms with Gasteiger partial charge in [0.25, 0.3) is 0 Å². The van der Waals surface area contributed by atoms with Crippen LogP contribution in [0.1, 0.15) is 12.5 Å². The van der Waals surface area contributed by atoms with Crippen molar-refractivity contribution in [3.05, 3.63) is 35.6 Å². The van der Waals surface area contributed by atoms with Crippen molar-refractivity contribution in [3.63, 3.8) is 0 Å². The maximum atomic E-state index is 12.8. The standard InChI is InChI=1S/C14H20FNS2/c1-11(8-12-2-4-13(15)5-3-12)16-9-14-10-17-6-7-18-14/h2-5,11,14,16H,6-10H2,1H3. The molecule has 1 aromatic carbocycles. The van der Waals surface area contributed by atoms with Crippen molar-refractivity contribution < 1.29 is 4.39 Å². The third-order valence-corrected chi connectivity index (χ3v) is 5.88. The van der Waals surface area contributed by atoms with Gasteiger partial charge in [-0.05, 0) is 31.0 Å². The number of halogens is 1. The molecule has 2 atom stereocenters. The Kier molecular flexibility index (Phi) is 5.86. The molecule has 0 aromatic heterocycles.